The van der Waals surface area contributed by atoms with Crippen molar-refractivity contribution in [2.45, 2.75) is 51.6 Å². The van der Waals surface area contributed by atoms with Gasteiger partial charge in [0.05, 0.1) is 23.9 Å². The van der Waals surface area contributed by atoms with Crippen LogP contribution in [0.5, 0.6) is 0 Å². The molecule has 8 heteroatoms. The van der Waals surface area contributed by atoms with Crippen molar-refractivity contribution >= 4 is 33.8 Å². The zero-order chi connectivity index (χ0) is 23.8. The van der Waals surface area contributed by atoms with Crippen LogP contribution in [0.3, 0.4) is 0 Å². The van der Waals surface area contributed by atoms with Crippen molar-refractivity contribution in [3.05, 3.63) is 66.2 Å². The minimum absolute atomic E-state index is 0.0170. The number of nitrogens with one attached hydrogen (secondary N) is 2. The highest BCUT2D eigenvalue weighted by Crippen LogP contribution is 2.33. The van der Waals surface area contributed by atoms with Crippen LogP contribution in [0.15, 0.2) is 54.9 Å². The second-order valence-corrected chi connectivity index (χ2v) is 9.20. The third kappa shape index (κ3) is 4.16. The van der Waals surface area contributed by atoms with Crippen LogP contribution in [0.25, 0.3) is 33.6 Å². The number of carbonyl (C=O) groups is 1. The molecular weight excluding hydrogens is 438 g/mol. The zero-order valence-electron chi connectivity index (χ0n) is 19.7. The molecule has 35 heavy (non-hydrogen) atoms. The van der Waals surface area contributed by atoms with Crippen LogP contribution in [0.2, 0.25) is 0 Å². The van der Waals surface area contributed by atoms with E-state index in [0.29, 0.717) is 29.8 Å². The molecule has 1 aliphatic rings. The minimum Gasteiger partial charge on any atom is -0.361 e. The molecule has 0 amide bonds. The number of fused-ring (bicyclic) bond motifs is 2. The van der Waals surface area contributed by atoms with Crippen LogP contribution in [0.1, 0.15) is 61.3 Å². The van der Waals surface area contributed by atoms with Gasteiger partial charge >= 0.3 is 0 Å². The molecule has 5 aromatic rings. The SMILES string of the molecule is CC(=O)c1cccc(-c2nc(NCc3nc4ccccc4[nH]3)c3ncn(C4CCCCC4)c3n2)c1. The summed E-state index contributed by atoms with van der Waals surface area (Å²) in [5, 5.41) is 3.44. The molecule has 0 radical (unpaired) electrons. The van der Waals surface area contributed by atoms with E-state index in [-0.39, 0.29) is 5.78 Å². The number of hydrogen-bond donors (Lipinski definition) is 2. The largest absolute Gasteiger partial charge is 0.361 e. The third-order valence-electron chi connectivity index (χ3n) is 6.78. The van der Waals surface area contributed by atoms with Crippen molar-refractivity contribution in [1.82, 2.24) is 29.5 Å². The molecule has 6 rings (SSSR count). The number of ketones is 1. The summed E-state index contributed by atoms with van der Waals surface area (Å²) in [7, 11) is 0. The summed E-state index contributed by atoms with van der Waals surface area (Å²) in [6, 6.07) is 15.9. The lowest BCUT2D eigenvalue weighted by atomic mass is 9.95. The molecule has 0 atom stereocenters. The molecule has 0 aliphatic heterocycles. The van der Waals surface area contributed by atoms with E-state index in [1.165, 1.54) is 19.3 Å². The maximum atomic E-state index is 12.0. The van der Waals surface area contributed by atoms with Crippen molar-refractivity contribution in [2.75, 3.05) is 5.32 Å². The van der Waals surface area contributed by atoms with Gasteiger partial charge in [0.1, 0.15) is 11.3 Å². The van der Waals surface area contributed by atoms with Crippen molar-refractivity contribution in [3.8, 4) is 11.4 Å². The van der Waals surface area contributed by atoms with Gasteiger partial charge in [0.25, 0.3) is 0 Å². The van der Waals surface area contributed by atoms with Crippen molar-refractivity contribution < 1.29 is 4.79 Å². The van der Waals surface area contributed by atoms with Crippen molar-refractivity contribution in [3.63, 3.8) is 0 Å². The summed E-state index contributed by atoms with van der Waals surface area (Å²) in [4.78, 5) is 34.5. The molecule has 0 spiro atoms. The number of benzene rings is 2. The molecule has 176 valence electrons. The minimum atomic E-state index is 0.0170. The van der Waals surface area contributed by atoms with Gasteiger partial charge < -0.3 is 14.9 Å². The van der Waals surface area contributed by atoms with Crippen LogP contribution in [0, 0.1) is 0 Å². The van der Waals surface area contributed by atoms with E-state index in [1.54, 1.807) is 6.92 Å². The van der Waals surface area contributed by atoms with Crippen LogP contribution >= 0.6 is 0 Å². The van der Waals surface area contributed by atoms with Gasteiger partial charge in [-0.15, -0.1) is 0 Å². The summed E-state index contributed by atoms with van der Waals surface area (Å²) >= 11 is 0. The molecular formula is C27H27N7O. The number of Topliss-reactive ketones (excluding diaryl/α,β-unsaturated/α-hetero) is 1. The predicted octanol–water partition coefficient (Wildman–Crippen LogP) is 5.69. The number of H-pyrrole nitrogens is 1. The first-order valence-electron chi connectivity index (χ1n) is 12.2. The standard InChI is InChI=1S/C27H27N7O/c1-17(35)18-8-7-9-19(14-18)25-32-26(28-15-23-30-21-12-5-6-13-22(21)31-23)24-27(33-25)34(16-29-24)20-10-3-2-4-11-20/h5-9,12-14,16,20H,2-4,10-11,15H2,1H3,(H,30,31)(H,28,32,33). The molecule has 2 N–H and O–H groups in total. The first-order chi connectivity index (χ1) is 17.2. The normalized spacial score (nSPS) is 14.5. The van der Waals surface area contributed by atoms with Gasteiger partial charge in [0.2, 0.25) is 0 Å². The number of aromatic nitrogens is 6. The van der Waals surface area contributed by atoms with Gasteiger partial charge in [-0.3, -0.25) is 4.79 Å². The maximum Gasteiger partial charge on any atom is 0.166 e. The molecule has 1 saturated carbocycles. The van der Waals surface area contributed by atoms with Crippen LogP contribution in [-0.2, 0) is 6.54 Å². The molecule has 2 aromatic carbocycles. The molecule has 0 unspecified atom stereocenters. The summed E-state index contributed by atoms with van der Waals surface area (Å²) < 4.78 is 2.21. The number of anilines is 1. The monoisotopic (exact) mass is 465 g/mol. The van der Waals surface area contributed by atoms with Crippen molar-refractivity contribution in [1.29, 1.82) is 0 Å². The van der Waals surface area contributed by atoms with E-state index >= 15 is 0 Å². The number of hydrogen-bond acceptors (Lipinski definition) is 6. The van der Waals surface area contributed by atoms with Gasteiger partial charge in [-0.1, -0.05) is 49.6 Å². The lowest BCUT2D eigenvalue weighted by Crippen LogP contribution is -2.13. The Morgan fingerprint density at radius 3 is 2.74 bits per heavy atom. The quantitative estimate of drug-likeness (QED) is 0.312. The molecule has 3 aromatic heterocycles. The lowest BCUT2D eigenvalue weighted by Gasteiger charge is -2.23. The lowest BCUT2D eigenvalue weighted by molar-refractivity contribution is 0.101. The Hall–Kier alpha value is -4.07. The van der Waals surface area contributed by atoms with Gasteiger partial charge in [-0.05, 0) is 38.0 Å². The average Bonchev–Trinajstić information content (AvgIpc) is 3.52. The second kappa shape index (κ2) is 8.94. The molecule has 1 fully saturated rings. The molecule has 8 nitrogen and oxygen atoms in total. The van der Waals surface area contributed by atoms with Gasteiger partial charge in [0, 0.05) is 17.2 Å². The van der Waals surface area contributed by atoms with Gasteiger partial charge in [0.15, 0.2) is 23.1 Å². The Bertz CT molecular complexity index is 1490. The zero-order valence-corrected chi connectivity index (χ0v) is 19.7. The smallest absolute Gasteiger partial charge is 0.166 e. The maximum absolute atomic E-state index is 12.0. The Morgan fingerprint density at radius 1 is 1.06 bits per heavy atom. The van der Waals surface area contributed by atoms with Crippen LogP contribution in [-0.4, -0.2) is 35.3 Å². The van der Waals surface area contributed by atoms with Crippen LogP contribution < -0.4 is 5.32 Å². The van der Waals surface area contributed by atoms with E-state index in [0.717, 1.165) is 46.4 Å². The highest BCUT2D eigenvalue weighted by atomic mass is 16.1. The topological polar surface area (TPSA) is 101 Å². The Balaban J connectivity index is 1.42. The molecule has 0 saturated heterocycles. The van der Waals surface area contributed by atoms with Gasteiger partial charge in [-0.25, -0.2) is 19.9 Å². The highest BCUT2D eigenvalue weighted by molar-refractivity contribution is 5.95. The fourth-order valence-electron chi connectivity index (χ4n) is 4.93. The number of carbonyl (C=O) groups excluding carboxylic acids is 1. The fraction of sp³-hybridized carbons (Fsp3) is 0.296. The first kappa shape index (κ1) is 21.5. The Kier molecular flexibility index (Phi) is 5.48. The fourth-order valence-corrected chi connectivity index (χ4v) is 4.93. The van der Waals surface area contributed by atoms with Gasteiger partial charge in [-0.2, -0.15) is 0 Å². The predicted molar refractivity (Wildman–Crippen MR) is 136 cm³/mol. The summed E-state index contributed by atoms with van der Waals surface area (Å²) in [6.07, 6.45) is 7.89. The second-order valence-electron chi connectivity index (χ2n) is 9.20. The highest BCUT2D eigenvalue weighted by Gasteiger charge is 2.21. The number of imidazole rings is 2. The summed E-state index contributed by atoms with van der Waals surface area (Å²) in [5.41, 5.74) is 4.95. The van der Waals surface area contributed by atoms with Crippen molar-refractivity contribution in [2.24, 2.45) is 0 Å². The third-order valence-corrected chi connectivity index (χ3v) is 6.78. The van der Waals surface area contributed by atoms with E-state index in [4.69, 9.17) is 15.0 Å². The Labute approximate surface area is 202 Å². The molecule has 3 heterocycles. The summed E-state index contributed by atoms with van der Waals surface area (Å²) in [5.74, 6) is 2.08. The average molecular weight is 466 g/mol. The molecule has 0 bridgehead atoms. The van der Waals surface area contributed by atoms with E-state index < -0.39 is 0 Å². The first-order valence-corrected chi connectivity index (χ1v) is 12.2. The summed E-state index contributed by atoms with van der Waals surface area (Å²) in [6.45, 7) is 2.05. The number of aromatic amines is 1. The van der Waals surface area contributed by atoms with E-state index in [1.807, 2.05) is 54.9 Å². The molecule has 1 aliphatic carbocycles. The van der Waals surface area contributed by atoms with Crippen LogP contribution in [0.4, 0.5) is 5.82 Å². The number of nitrogens with zero attached hydrogens (tertiary/aromatic N) is 5. The van der Waals surface area contributed by atoms with E-state index in [2.05, 4.69) is 19.9 Å². The Morgan fingerprint density at radius 2 is 1.91 bits per heavy atom. The number of para-hydroxylation sites is 2. The number of rotatable bonds is 6. The van der Waals surface area contributed by atoms with E-state index in [9.17, 15) is 4.79 Å².